The molecular weight excluding hydrogens is 352 g/mol. The van der Waals surface area contributed by atoms with E-state index in [1.807, 2.05) is 23.9 Å². The number of hydrogen-bond acceptors (Lipinski definition) is 4. The Morgan fingerprint density at radius 1 is 0.704 bits per heavy atom. The highest BCUT2D eigenvalue weighted by molar-refractivity contribution is 7.99. The summed E-state index contributed by atoms with van der Waals surface area (Å²) in [5.41, 5.74) is 7.07. The number of benzene rings is 2. The van der Waals surface area contributed by atoms with Gasteiger partial charge >= 0.3 is 0 Å². The fourth-order valence-corrected chi connectivity index (χ4v) is 4.51. The molecule has 0 atom stereocenters. The zero-order chi connectivity index (χ0) is 19.1. The van der Waals surface area contributed by atoms with Crippen LogP contribution >= 0.6 is 11.8 Å². The van der Waals surface area contributed by atoms with Gasteiger partial charge in [0.15, 0.2) is 5.78 Å². The van der Waals surface area contributed by atoms with Crippen molar-refractivity contribution in [1.29, 1.82) is 0 Å². The van der Waals surface area contributed by atoms with Crippen molar-refractivity contribution in [2.75, 3.05) is 38.0 Å². The molecule has 0 radical (unpaired) electrons. The van der Waals surface area contributed by atoms with Gasteiger partial charge in [0, 0.05) is 49.4 Å². The molecule has 1 aliphatic carbocycles. The molecule has 0 spiro atoms. The fraction of sp³-hybridized carbons (Fsp3) is 0.174. The van der Waals surface area contributed by atoms with Gasteiger partial charge in [-0.05, 0) is 58.7 Å². The SMILES string of the molecule is CN(C)c1ccc2c(c1)Sc1cc(N(C)C)ccc1C2=C1C=CC(=O)C=C1. The fourth-order valence-electron chi connectivity index (χ4n) is 3.36. The Kier molecular flexibility index (Phi) is 4.44. The molecule has 1 aliphatic heterocycles. The average Bonchev–Trinajstić information content (AvgIpc) is 2.66. The van der Waals surface area contributed by atoms with E-state index in [0.717, 1.165) is 5.57 Å². The second-order valence-corrected chi connectivity index (χ2v) is 8.23. The third kappa shape index (κ3) is 3.21. The van der Waals surface area contributed by atoms with Crippen LogP contribution < -0.4 is 9.80 Å². The minimum Gasteiger partial charge on any atom is -0.378 e. The molecule has 0 amide bonds. The van der Waals surface area contributed by atoms with Crippen LogP contribution in [0.15, 0.2) is 76.1 Å². The quantitative estimate of drug-likeness (QED) is 0.644. The predicted molar refractivity (Wildman–Crippen MR) is 115 cm³/mol. The molecule has 0 N–H and O–H groups in total. The summed E-state index contributed by atoms with van der Waals surface area (Å²) in [5.74, 6) is 0.0379. The van der Waals surface area contributed by atoms with E-state index in [2.05, 4.69) is 74.4 Å². The van der Waals surface area contributed by atoms with Gasteiger partial charge in [0.25, 0.3) is 0 Å². The normalized spacial score (nSPS) is 14.9. The molecule has 27 heavy (non-hydrogen) atoms. The first kappa shape index (κ1) is 17.7. The highest BCUT2D eigenvalue weighted by Gasteiger charge is 2.24. The van der Waals surface area contributed by atoms with Crippen LogP contribution in [0, 0.1) is 0 Å². The van der Waals surface area contributed by atoms with Gasteiger partial charge in [-0.25, -0.2) is 0 Å². The number of anilines is 2. The van der Waals surface area contributed by atoms with E-state index in [9.17, 15) is 4.79 Å². The number of ketones is 1. The predicted octanol–water partition coefficient (Wildman–Crippen LogP) is 4.78. The highest BCUT2D eigenvalue weighted by Crippen LogP contribution is 2.49. The molecule has 0 fully saturated rings. The van der Waals surface area contributed by atoms with Crippen molar-refractivity contribution in [3.63, 3.8) is 0 Å². The van der Waals surface area contributed by atoms with Gasteiger partial charge in [0.2, 0.25) is 0 Å². The number of nitrogens with zero attached hydrogens (tertiary/aromatic N) is 2. The summed E-state index contributed by atoms with van der Waals surface area (Å²) in [6.45, 7) is 0. The lowest BCUT2D eigenvalue weighted by Crippen LogP contribution is -2.11. The van der Waals surface area contributed by atoms with E-state index < -0.39 is 0 Å². The Morgan fingerprint density at radius 3 is 1.63 bits per heavy atom. The smallest absolute Gasteiger partial charge is 0.178 e. The zero-order valence-electron chi connectivity index (χ0n) is 16.0. The molecule has 4 rings (SSSR count). The van der Waals surface area contributed by atoms with E-state index in [-0.39, 0.29) is 5.78 Å². The first-order valence-electron chi connectivity index (χ1n) is 8.90. The maximum atomic E-state index is 11.6. The van der Waals surface area contributed by atoms with Crippen LogP contribution in [0.3, 0.4) is 0 Å². The Morgan fingerprint density at radius 2 is 1.19 bits per heavy atom. The molecule has 0 saturated heterocycles. The summed E-state index contributed by atoms with van der Waals surface area (Å²) in [7, 11) is 8.24. The Labute approximate surface area is 164 Å². The van der Waals surface area contributed by atoms with Crippen molar-refractivity contribution >= 4 is 34.5 Å². The van der Waals surface area contributed by atoms with E-state index in [0.29, 0.717) is 0 Å². The van der Waals surface area contributed by atoms with Crippen molar-refractivity contribution in [2.24, 2.45) is 0 Å². The molecule has 3 nitrogen and oxygen atoms in total. The van der Waals surface area contributed by atoms with Crippen LogP contribution in [-0.4, -0.2) is 34.0 Å². The molecule has 0 aromatic heterocycles. The molecule has 0 unspecified atom stereocenters. The number of rotatable bonds is 2. The van der Waals surface area contributed by atoms with Gasteiger partial charge < -0.3 is 9.80 Å². The maximum absolute atomic E-state index is 11.6. The Hall–Kier alpha value is -2.72. The topological polar surface area (TPSA) is 23.6 Å². The molecule has 136 valence electrons. The summed E-state index contributed by atoms with van der Waals surface area (Å²) in [6, 6.07) is 13.2. The van der Waals surface area contributed by atoms with Crippen LogP contribution in [0.4, 0.5) is 11.4 Å². The first-order valence-corrected chi connectivity index (χ1v) is 9.71. The van der Waals surface area contributed by atoms with Gasteiger partial charge in [-0.15, -0.1) is 0 Å². The lowest BCUT2D eigenvalue weighted by Gasteiger charge is -2.27. The summed E-state index contributed by atoms with van der Waals surface area (Å²) in [4.78, 5) is 18.3. The minimum absolute atomic E-state index is 0.0379. The number of carbonyl (C=O) groups excluding carboxylic acids is 1. The minimum atomic E-state index is 0.0379. The van der Waals surface area contributed by atoms with Crippen molar-refractivity contribution in [2.45, 2.75) is 9.79 Å². The van der Waals surface area contributed by atoms with Crippen LogP contribution in [0.1, 0.15) is 11.1 Å². The molecule has 0 saturated carbocycles. The van der Waals surface area contributed by atoms with E-state index in [1.54, 1.807) is 12.2 Å². The van der Waals surface area contributed by atoms with Crippen LogP contribution in [0.5, 0.6) is 0 Å². The van der Waals surface area contributed by atoms with Gasteiger partial charge in [0.05, 0.1) is 0 Å². The summed E-state index contributed by atoms with van der Waals surface area (Å²) < 4.78 is 0. The van der Waals surface area contributed by atoms with E-state index >= 15 is 0 Å². The molecule has 2 aromatic rings. The van der Waals surface area contributed by atoms with Crippen LogP contribution in [0.25, 0.3) is 5.57 Å². The van der Waals surface area contributed by atoms with Gasteiger partial charge in [-0.2, -0.15) is 0 Å². The van der Waals surface area contributed by atoms with E-state index in [4.69, 9.17) is 0 Å². The molecule has 0 bridgehead atoms. The third-order valence-corrected chi connectivity index (χ3v) is 5.98. The Bertz CT molecular complexity index is 951. The van der Waals surface area contributed by atoms with Gasteiger partial charge in [0.1, 0.15) is 0 Å². The first-order chi connectivity index (χ1) is 12.9. The van der Waals surface area contributed by atoms with Crippen molar-refractivity contribution in [3.05, 3.63) is 77.4 Å². The number of allylic oxidation sites excluding steroid dienone is 5. The summed E-state index contributed by atoms with van der Waals surface area (Å²) in [6.07, 6.45) is 7.15. The number of fused-ring (bicyclic) bond motifs is 2. The highest BCUT2D eigenvalue weighted by atomic mass is 32.2. The van der Waals surface area contributed by atoms with Gasteiger partial charge in [-0.1, -0.05) is 36.0 Å². The van der Waals surface area contributed by atoms with Crippen LogP contribution in [0.2, 0.25) is 0 Å². The lowest BCUT2D eigenvalue weighted by atomic mass is 9.90. The molecular formula is C23H22N2OS. The van der Waals surface area contributed by atoms with Crippen molar-refractivity contribution in [3.8, 4) is 0 Å². The van der Waals surface area contributed by atoms with Gasteiger partial charge in [-0.3, -0.25) is 4.79 Å². The molecule has 1 heterocycles. The largest absolute Gasteiger partial charge is 0.378 e. The molecule has 2 aliphatic rings. The van der Waals surface area contributed by atoms with Crippen molar-refractivity contribution in [1.82, 2.24) is 0 Å². The monoisotopic (exact) mass is 374 g/mol. The Balaban J connectivity index is 1.96. The molecule has 2 aromatic carbocycles. The maximum Gasteiger partial charge on any atom is 0.178 e. The number of carbonyl (C=O) groups is 1. The zero-order valence-corrected chi connectivity index (χ0v) is 16.8. The second-order valence-electron chi connectivity index (χ2n) is 7.15. The second kappa shape index (κ2) is 6.78. The lowest BCUT2D eigenvalue weighted by molar-refractivity contribution is -0.110. The number of hydrogen-bond donors (Lipinski definition) is 0. The van der Waals surface area contributed by atoms with E-state index in [1.165, 1.54) is 37.9 Å². The third-order valence-electron chi connectivity index (χ3n) is 4.86. The summed E-state index contributed by atoms with van der Waals surface area (Å²) >= 11 is 1.81. The molecule has 4 heteroatoms. The summed E-state index contributed by atoms with van der Waals surface area (Å²) in [5, 5.41) is 0. The van der Waals surface area contributed by atoms with Crippen LogP contribution in [-0.2, 0) is 4.79 Å². The standard InChI is InChI=1S/C23H22N2OS/c1-24(2)16-7-11-19-21(13-16)27-22-14-17(25(3)4)8-12-20(22)23(19)15-5-9-18(26)10-6-15/h5-14H,1-4H3. The average molecular weight is 375 g/mol. The van der Waals surface area contributed by atoms with Crippen molar-refractivity contribution < 1.29 is 4.79 Å².